The number of rotatable bonds is 7. The van der Waals surface area contributed by atoms with Gasteiger partial charge in [-0.25, -0.2) is 8.42 Å². The molecule has 1 saturated heterocycles. The topological polar surface area (TPSA) is 70.1 Å². The first-order valence-electron chi connectivity index (χ1n) is 9.83. The second kappa shape index (κ2) is 9.56. The van der Waals surface area contributed by atoms with E-state index in [0.29, 0.717) is 31.5 Å². The molecule has 1 N–H and O–H groups in total. The molecule has 0 aromatic heterocycles. The smallest absolute Gasteiger partial charge is 0.416 e. The maximum Gasteiger partial charge on any atom is 0.416 e. The van der Waals surface area contributed by atoms with Crippen LogP contribution in [0.25, 0.3) is 0 Å². The summed E-state index contributed by atoms with van der Waals surface area (Å²) >= 11 is 0. The summed E-state index contributed by atoms with van der Waals surface area (Å²) in [6.07, 6.45) is -5.37. The van der Waals surface area contributed by atoms with E-state index in [-0.39, 0.29) is 24.6 Å². The number of aliphatic hydroxyl groups excluding tert-OH is 1. The summed E-state index contributed by atoms with van der Waals surface area (Å²) in [5.41, 5.74) is 0.0500. The highest BCUT2D eigenvalue weighted by molar-refractivity contribution is 7.89. The second-order valence-corrected chi connectivity index (χ2v) is 9.45. The summed E-state index contributed by atoms with van der Waals surface area (Å²) < 4.78 is 71.0. The summed E-state index contributed by atoms with van der Waals surface area (Å²) in [6, 6.07) is 11.2. The molecule has 1 fully saturated rings. The fourth-order valence-electron chi connectivity index (χ4n) is 3.38. The lowest BCUT2D eigenvalue weighted by Crippen LogP contribution is -2.50. The van der Waals surface area contributed by atoms with Crippen molar-refractivity contribution in [2.24, 2.45) is 0 Å². The van der Waals surface area contributed by atoms with Gasteiger partial charge in [0.25, 0.3) is 0 Å². The van der Waals surface area contributed by atoms with Crippen LogP contribution in [-0.2, 0) is 16.2 Å². The lowest BCUT2D eigenvalue weighted by Gasteiger charge is -2.34. The molecule has 0 aliphatic carbocycles. The van der Waals surface area contributed by atoms with Gasteiger partial charge in [0.1, 0.15) is 18.5 Å². The monoisotopic (exact) mass is 458 g/mol. The van der Waals surface area contributed by atoms with Gasteiger partial charge in [-0.05, 0) is 42.8 Å². The number of piperazine rings is 1. The highest BCUT2D eigenvalue weighted by Gasteiger charge is 2.34. The molecule has 1 atom stereocenters. The molecule has 10 heteroatoms. The molecule has 0 radical (unpaired) electrons. The molecule has 0 bridgehead atoms. The standard InChI is InChI=1S/C21H25F3N2O4S/c1-16-4-2-6-19(12-16)30-15-18(27)14-25-8-10-26(11-9-25)31(28,29)20-7-3-5-17(13-20)21(22,23)24/h2-7,12-13,18,27H,8-11,14-15H2,1H3. The highest BCUT2D eigenvalue weighted by Crippen LogP contribution is 2.31. The van der Waals surface area contributed by atoms with Gasteiger partial charge >= 0.3 is 6.18 Å². The normalized spacial score (nSPS) is 17.5. The quantitative estimate of drug-likeness (QED) is 0.691. The van der Waals surface area contributed by atoms with Gasteiger partial charge < -0.3 is 9.84 Å². The zero-order valence-electron chi connectivity index (χ0n) is 17.0. The van der Waals surface area contributed by atoms with Crippen LogP contribution in [-0.4, -0.2) is 68.2 Å². The number of halogens is 3. The third kappa shape index (κ3) is 6.19. The molecule has 0 saturated carbocycles. The molecule has 1 heterocycles. The number of aryl methyl sites for hydroxylation is 1. The average Bonchev–Trinajstić information content (AvgIpc) is 2.72. The van der Waals surface area contributed by atoms with Crippen molar-refractivity contribution in [3.05, 3.63) is 59.7 Å². The second-order valence-electron chi connectivity index (χ2n) is 7.51. The van der Waals surface area contributed by atoms with Crippen LogP contribution >= 0.6 is 0 Å². The van der Waals surface area contributed by atoms with Crippen molar-refractivity contribution in [2.45, 2.75) is 24.1 Å². The molecule has 3 rings (SSSR count). The van der Waals surface area contributed by atoms with Gasteiger partial charge in [-0.2, -0.15) is 17.5 Å². The first-order valence-corrected chi connectivity index (χ1v) is 11.3. The SMILES string of the molecule is Cc1cccc(OCC(O)CN2CCN(S(=O)(=O)c3cccc(C(F)(F)F)c3)CC2)c1. The van der Waals surface area contributed by atoms with Gasteiger partial charge in [0.15, 0.2) is 0 Å². The van der Waals surface area contributed by atoms with Crippen molar-refractivity contribution in [1.29, 1.82) is 0 Å². The molecule has 170 valence electrons. The molecule has 2 aromatic rings. The van der Waals surface area contributed by atoms with Gasteiger partial charge in [0, 0.05) is 32.7 Å². The van der Waals surface area contributed by atoms with Crippen molar-refractivity contribution in [3.8, 4) is 5.75 Å². The van der Waals surface area contributed by atoms with Crippen LogP contribution in [0, 0.1) is 6.92 Å². The Morgan fingerprint density at radius 3 is 2.39 bits per heavy atom. The zero-order chi connectivity index (χ0) is 22.6. The predicted molar refractivity (Wildman–Crippen MR) is 109 cm³/mol. The number of benzene rings is 2. The molecule has 6 nitrogen and oxygen atoms in total. The minimum absolute atomic E-state index is 0.103. The van der Waals surface area contributed by atoms with Crippen LogP contribution in [0.2, 0.25) is 0 Å². The van der Waals surface area contributed by atoms with Crippen molar-refractivity contribution in [3.63, 3.8) is 0 Å². The van der Waals surface area contributed by atoms with Gasteiger partial charge in [0.2, 0.25) is 10.0 Å². The number of hydrogen-bond donors (Lipinski definition) is 1. The van der Waals surface area contributed by atoms with Crippen molar-refractivity contribution < 1.29 is 31.4 Å². The molecule has 1 unspecified atom stereocenters. The molecule has 2 aromatic carbocycles. The van der Waals surface area contributed by atoms with Crippen molar-refractivity contribution >= 4 is 10.0 Å². The number of alkyl halides is 3. The number of ether oxygens (including phenoxy) is 1. The summed E-state index contributed by atoms with van der Waals surface area (Å²) in [6.45, 7) is 3.33. The average molecular weight is 459 g/mol. The number of β-amino-alcohol motifs (C(OH)–C–C–N with tert-alkyl or cyclic N) is 1. The van der Waals surface area contributed by atoms with E-state index in [1.54, 1.807) is 6.07 Å². The minimum Gasteiger partial charge on any atom is -0.491 e. The zero-order valence-corrected chi connectivity index (χ0v) is 17.9. The van der Waals surface area contributed by atoms with Crippen LogP contribution in [0.4, 0.5) is 13.2 Å². The van der Waals surface area contributed by atoms with Crippen LogP contribution in [0.1, 0.15) is 11.1 Å². The third-order valence-electron chi connectivity index (χ3n) is 5.03. The molecular weight excluding hydrogens is 433 g/mol. The number of hydrogen-bond acceptors (Lipinski definition) is 5. The highest BCUT2D eigenvalue weighted by atomic mass is 32.2. The van der Waals surface area contributed by atoms with Gasteiger partial charge in [-0.15, -0.1) is 0 Å². The van der Waals surface area contributed by atoms with Gasteiger partial charge in [-0.3, -0.25) is 4.90 Å². The Balaban J connectivity index is 1.53. The first kappa shape index (κ1) is 23.5. The van der Waals surface area contributed by atoms with Gasteiger partial charge in [-0.1, -0.05) is 18.2 Å². The fraction of sp³-hybridized carbons (Fsp3) is 0.429. The Kier molecular flexibility index (Phi) is 7.25. The Labute approximate surface area is 179 Å². The van der Waals surface area contributed by atoms with E-state index >= 15 is 0 Å². The van der Waals surface area contributed by atoms with Crippen LogP contribution in [0.5, 0.6) is 5.75 Å². The van der Waals surface area contributed by atoms with E-state index in [4.69, 9.17) is 4.74 Å². The number of sulfonamides is 1. The predicted octanol–water partition coefficient (Wildman–Crippen LogP) is 2.76. The molecule has 31 heavy (non-hydrogen) atoms. The maximum atomic E-state index is 12.9. The van der Waals surface area contributed by atoms with E-state index in [2.05, 4.69) is 0 Å². The summed E-state index contributed by atoms with van der Waals surface area (Å²) in [5, 5.41) is 10.2. The number of nitrogens with zero attached hydrogens (tertiary/aromatic N) is 2. The molecule has 1 aliphatic heterocycles. The Bertz CT molecular complexity index is 990. The lowest BCUT2D eigenvalue weighted by molar-refractivity contribution is -0.137. The first-order chi connectivity index (χ1) is 14.6. The van der Waals surface area contributed by atoms with E-state index in [9.17, 15) is 26.7 Å². The maximum absolute atomic E-state index is 12.9. The van der Waals surface area contributed by atoms with E-state index in [1.807, 2.05) is 30.0 Å². The van der Waals surface area contributed by atoms with E-state index in [0.717, 1.165) is 17.7 Å². The summed E-state index contributed by atoms with van der Waals surface area (Å²) in [4.78, 5) is 1.53. The summed E-state index contributed by atoms with van der Waals surface area (Å²) in [7, 11) is -4.03. The van der Waals surface area contributed by atoms with Crippen molar-refractivity contribution in [2.75, 3.05) is 39.3 Å². The lowest BCUT2D eigenvalue weighted by atomic mass is 10.2. The van der Waals surface area contributed by atoms with Crippen LogP contribution in [0.3, 0.4) is 0 Å². The summed E-state index contributed by atoms with van der Waals surface area (Å²) in [5.74, 6) is 0.663. The Morgan fingerprint density at radius 2 is 1.74 bits per heavy atom. The molecular formula is C21H25F3N2O4S. The van der Waals surface area contributed by atoms with Crippen LogP contribution in [0.15, 0.2) is 53.4 Å². The number of aliphatic hydroxyl groups is 1. The molecule has 0 amide bonds. The Hall–Kier alpha value is -2.14. The largest absolute Gasteiger partial charge is 0.491 e. The third-order valence-corrected chi connectivity index (χ3v) is 6.93. The van der Waals surface area contributed by atoms with E-state index < -0.39 is 27.9 Å². The van der Waals surface area contributed by atoms with Gasteiger partial charge in [0.05, 0.1) is 10.5 Å². The van der Waals surface area contributed by atoms with E-state index in [1.165, 1.54) is 10.4 Å². The minimum atomic E-state index is -4.61. The van der Waals surface area contributed by atoms with Crippen molar-refractivity contribution in [1.82, 2.24) is 9.21 Å². The van der Waals surface area contributed by atoms with Crippen LogP contribution < -0.4 is 4.74 Å². The molecule has 0 spiro atoms. The Morgan fingerprint density at radius 1 is 1.06 bits per heavy atom. The fourth-order valence-corrected chi connectivity index (χ4v) is 4.85. The molecule has 1 aliphatic rings.